The van der Waals surface area contributed by atoms with E-state index in [0.29, 0.717) is 18.0 Å². The molecule has 0 aliphatic rings. The molecule has 2 amide bonds. The maximum absolute atomic E-state index is 14.1. The maximum atomic E-state index is 14.1. The number of carbonyl (C=O) groups is 2. The average molecular weight is 661 g/mol. The van der Waals surface area contributed by atoms with Crippen molar-refractivity contribution in [1.29, 1.82) is 0 Å². The highest BCUT2D eigenvalue weighted by Crippen LogP contribution is 2.34. The van der Waals surface area contributed by atoms with Gasteiger partial charge in [-0.15, -0.1) is 0 Å². The summed E-state index contributed by atoms with van der Waals surface area (Å²) in [5.74, 6) is 0.0630. The molecular formula is C31H38BrN3O6S. The highest BCUT2D eigenvalue weighted by atomic mass is 79.9. The van der Waals surface area contributed by atoms with Crippen LogP contribution in [0.5, 0.6) is 11.5 Å². The normalized spacial score (nSPS) is 12.0. The number of carbonyl (C=O) groups excluding carboxylic acids is 2. The zero-order valence-electron chi connectivity index (χ0n) is 24.8. The second kappa shape index (κ2) is 14.6. The van der Waals surface area contributed by atoms with E-state index >= 15 is 0 Å². The molecule has 42 heavy (non-hydrogen) atoms. The Kier molecular flexibility index (Phi) is 11.4. The molecule has 0 radical (unpaired) electrons. The number of ether oxygens (including phenoxy) is 2. The Balaban J connectivity index is 2.07. The number of methoxy groups -OCH3 is 2. The third-order valence-corrected chi connectivity index (χ3v) is 8.98. The number of nitrogens with one attached hydrogen (secondary N) is 1. The van der Waals surface area contributed by atoms with Crippen LogP contribution in [0.25, 0.3) is 0 Å². The number of nitrogens with zero attached hydrogens (tertiary/aromatic N) is 2. The Morgan fingerprint density at radius 1 is 0.905 bits per heavy atom. The van der Waals surface area contributed by atoms with Crippen LogP contribution in [0.4, 0.5) is 5.69 Å². The van der Waals surface area contributed by atoms with Crippen molar-refractivity contribution in [3.63, 3.8) is 0 Å². The molecule has 226 valence electrons. The molecule has 1 N–H and O–H groups in total. The van der Waals surface area contributed by atoms with Crippen LogP contribution in [-0.4, -0.2) is 58.5 Å². The van der Waals surface area contributed by atoms with Gasteiger partial charge < -0.3 is 19.7 Å². The molecule has 0 aliphatic carbocycles. The van der Waals surface area contributed by atoms with Crippen molar-refractivity contribution >= 4 is 43.5 Å². The van der Waals surface area contributed by atoms with Crippen LogP contribution in [0, 0.1) is 12.8 Å². The fourth-order valence-corrected chi connectivity index (χ4v) is 5.84. The van der Waals surface area contributed by atoms with Gasteiger partial charge in [0.05, 0.1) is 24.8 Å². The van der Waals surface area contributed by atoms with E-state index < -0.39 is 28.5 Å². The molecule has 0 saturated carbocycles. The van der Waals surface area contributed by atoms with Crippen LogP contribution in [-0.2, 0) is 26.2 Å². The van der Waals surface area contributed by atoms with E-state index in [9.17, 15) is 18.0 Å². The second-order valence-electron chi connectivity index (χ2n) is 10.3. The SMILES string of the molecule is COc1ccc(N(CC(=O)N(Cc2ccc(Br)cc2)[C@H](C)C(=O)NCC(C)C)S(=O)(=O)c2ccc(C)cc2)cc1OC. The number of anilines is 1. The molecule has 0 spiro atoms. The number of amides is 2. The van der Waals surface area contributed by atoms with Gasteiger partial charge in [-0.1, -0.05) is 59.6 Å². The van der Waals surface area contributed by atoms with Gasteiger partial charge in [0, 0.05) is 23.6 Å². The summed E-state index contributed by atoms with van der Waals surface area (Å²) >= 11 is 3.42. The predicted octanol–water partition coefficient (Wildman–Crippen LogP) is 5.16. The third kappa shape index (κ3) is 8.25. The fraction of sp³-hybridized carbons (Fsp3) is 0.355. The Bertz CT molecular complexity index is 1480. The van der Waals surface area contributed by atoms with E-state index in [-0.39, 0.29) is 29.0 Å². The molecule has 9 nitrogen and oxygen atoms in total. The van der Waals surface area contributed by atoms with Gasteiger partial charge in [0.25, 0.3) is 10.0 Å². The van der Waals surface area contributed by atoms with Crippen molar-refractivity contribution in [2.45, 2.75) is 45.2 Å². The Morgan fingerprint density at radius 3 is 2.10 bits per heavy atom. The van der Waals surface area contributed by atoms with E-state index in [2.05, 4.69) is 21.2 Å². The van der Waals surface area contributed by atoms with E-state index in [1.165, 1.54) is 37.3 Å². The van der Waals surface area contributed by atoms with Gasteiger partial charge in [-0.25, -0.2) is 8.42 Å². The summed E-state index contributed by atoms with van der Waals surface area (Å²) < 4.78 is 40.7. The summed E-state index contributed by atoms with van der Waals surface area (Å²) in [6.45, 7) is 7.46. The van der Waals surface area contributed by atoms with Gasteiger partial charge in [-0.05, 0) is 61.7 Å². The zero-order chi connectivity index (χ0) is 31.0. The lowest BCUT2D eigenvalue weighted by atomic mass is 10.1. The second-order valence-corrected chi connectivity index (χ2v) is 13.1. The Morgan fingerprint density at radius 2 is 1.52 bits per heavy atom. The minimum atomic E-state index is -4.21. The minimum absolute atomic E-state index is 0.0258. The maximum Gasteiger partial charge on any atom is 0.264 e. The number of sulfonamides is 1. The molecule has 3 aromatic rings. The zero-order valence-corrected chi connectivity index (χ0v) is 27.2. The topological polar surface area (TPSA) is 105 Å². The van der Waals surface area contributed by atoms with Crippen LogP contribution in [0.2, 0.25) is 0 Å². The highest BCUT2D eigenvalue weighted by molar-refractivity contribution is 9.10. The molecule has 0 aliphatic heterocycles. The van der Waals surface area contributed by atoms with Crippen molar-refractivity contribution in [3.8, 4) is 11.5 Å². The molecule has 0 fully saturated rings. The standard InChI is InChI=1S/C31H38BrN3O6S/c1-21(2)18-33-31(37)23(4)34(19-24-9-11-25(32)12-10-24)30(36)20-35(26-13-16-28(40-5)29(17-26)41-6)42(38,39)27-14-7-22(3)8-15-27/h7-17,21,23H,18-20H2,1-6H3,(H,33,37)/t23-/m1/s1. The summed E-state index contributed by atoms with van der Waals surface area (Å²) in [6, 6.07) is 17.6. The molecule has 0 heterocycles. The number of rotatable bonds is 13. The quantitative estimate of drug-likeness (QED) is 0.272. The van der Waals surface area contributed by atoms with Crippen LogP contribution in [0.3, 0.4) is 0 Å². The van der Waals surface area contributed by atoms with E-state index in [4.69, 9.17) is 9.47 Å². The van der Waals surface area contributed by atoms with Gasteiger partial charge in [-0.2, -0.15) is 0 Å². The first-order valence-corrected chi connectivity index (χ1v) is 15.7. The lowest BCUT2D eigenvalue weighted by Crippen LogP contribution is -2.51. The van der Waals surface area contributed by atoms with Crippen LogP contribution in [0.15, 0.2) is 76.1 Å². The van der Waals surface area contributed by atoms with Crippen LogP contribution >= 0.6 is 15.9 Å². The average Bonchev–Trinajstić information content (AvgIpc) is 2.97. The first-order valence-electron chi connectivity index (χ1n) is 13.5. The molecule has 0 aromatic heterocycles. The van der Waals surface area contributed by atoms with Crippen molar-refractivity contribution in [3.05, 3.63) is 82.3 Å². The van der Waals surface area contributed by atoms with Gasteiger partial charge in [-0.3, -0.25) is 13.9 Å². The Hall–Kier alpha value is -3.57. The molecule has 0 bridgehead atoms. The lowest BCUT2D eigenvalue weighted by molar-refractivity contribution is -0.139. The van der Waals surface area contributed by atoms with Crippen molar-refractivity contribution in [2.75, 3.05) is 31.6 Å². The highest BCUT2D eigenvalue weighted by Gasteiger charge is 2.33. The summed E-state index contributed by atoms with van der Waals surface area (Å²) in [5.41, 5.74) is 1.89. The molecule has 1 atom stereocenters. The van der Waals surface area contributed by atoms with E-state index in [1.54, 1.807) is 31.2 Å². The smallest absolute Gasteiger partial charge is 0.264 e. The third-order valence-electron chi connectivity index (χ3n) is 6.66. The molecule has 3 aromatic carbocycles. The number of aryl methyl sites for hydroxylation is 1. The van der Waals surface area contributed by atoms with E-state index in [1.807, 2.05) is 45.0 Å². The first kappa shape index (κ1) is 32.9. The van der Waals surface area contributed by atoms with Crippen molar-refractivity contribution < 1.29 is 27.5 Å². The molecule has 0 saturated heterocycles. The lowest BCUT2D eigenvalue weighted by Gasteiger charge is -2.32. The molecule has 0 unspecified atom stereocenters. The number of halogens is 1. The molecule has 11 heteroatoms. The summed E-state index contributed by atoms with van der Waals surface area (Å²) in [7, 11) is -1.28. The van der Waals surface area contributed by atoms with Gasteiger partial charge >= 0.3 is 0 Å². The van der Waals surface area contributed by atoms with Crippen LogP contribution in [0.1, 0.15) is 31.9 Å². The summed E-state index contributed by atoms with van der Waals surface area (Å²) in [5, 5.41) is 2.88. The largest absolute Gasteiger partial charge is 0.493 e. The summed E-state index contributed by atoms with van der Waals surface area (Å²) in [4.78, 5) is 28.6. The monoisotopic (exact) mass is 659 g/mol. The fourth-order valence-electron chi connectivity index (χ4n) is 4.17. The van der Waals surface area contributed by atoms with Gasteiger partial charge in [0.15, 0.2) is 11.5 Å². The van der Waals surface area contributed by atoms with Gasteiger partial charge in [0.2, 0.25) is 11.8 Å². The first-order chi connectivity index (χ1) is 19.9. The number of hydrogen-bond acceptors (Lipinski definition) is 6. The summed E-state index contributed by atoms with van der Waals surface area (Å²) in [6.07, 6.45) is 0. The minimum Gasteiger partial charge on any atom is -0.493 e. The van der Waals surface area contributed by atoms with Crippen molar-refractivity contribution in [2.24, 2.45) is 5.92 Å². The van der Waals surface area contributed by atoms with Crippen LogP contribution < -0.4 is 19.1 Å². The van der Waals surface area contributed by atoms with Gasteiger partial charge in [0.1, 0.15) is 12.6 Å². The molecular weight excluding hydrogens is 622 g/mol. The van der Waals surface area contributed by atoms with Crippen molar-refractivity contribution in [1.82, 2.24) is 10.2 Å². The Labute approximate surface area is 257 Å². The molecule has 3 rings (SSSR count). The number of benzene rings is 3. The van der Waals surface area contributed by atoms with E-state index in [0.717, 1.165) is 19.9 Å². The predicted molar refractivity (Wildman–Crippen MR) is 167 cm³/mol. The number of hydrogen-bond donors (Lipinski definition) is 1.